The van der Waals surface area contributed by atoms with Crippen LogP contribution in [0.15, 0.2) is 28.7 Å². The fourth-order valence-electron chi connectivity index (χ4n) is 1.66. The number of carbonyl (C=O) groups is 1. The highest BCUT2D eigenvalue weighted by Crippen LogP contribution is 2.20. The number of nitrogens with zero attached hydrogens (tertiary/aromatic N) is 3. The number of allylic oxidation sites excluding steroid dienone is 1. The molecule has 2 heterocycles. The molecule has 0 spiro atoms. The van der Waals surface area contributed by atoms with Gasteiger partial charge in [0.25, 0.3) is 5.78 Å². The summed E-state index contributed by atoms with van der Waals surface area (Å²) in [5.74, 6) is 1.19. The Kier molecular flexibility index (Phi) is 3.64. The van der Waals surface area contributed by atoms with Crippen molar-refractivity contribution in [2.45, 2.75) is 25.8 Å². The summed E-state index contributed by atoms with van der Waals surface area (Å²) >= 11 is 0. The van der Waals surface area contributed by atoms with Crippen molar-refractivity contribution in [1.29, 1.82) is 0 Å². The molecule has 0 fully saturated rings. The van der Waals surface area contributed by atoms with Gasteiger partial charge < -0.3 is 0 Å². The lowest BCUT2D eigenvalue weighted by molar-refractivity contribution is -0.110. The summed E-state index contributed by atoms with van der Waals surface area (Å²) in [6, 6.07) is -3.18. The van der Waals surface area contributed by atoms with Gasteiger partial charge in [-0.1, -0.05) is 18.7 Å². The maximum absolute atomic E-state index is 13.8. The predicted octanol–water partition coefficient (Wildman–Crippen LogP) is 0.887. The molecule has 0 N–H and O–H groups in total. The molecule has 0 aromatic carbocycles. The van der Waals surface area contributed by atoms with Crippen molar-refractivity contribution < 1.29 is 13.6 Å². The highest BCUT2D eigenvalue weighted by molar-refractivity contribution is 6.07. The zero-order chi connectivity index (χ0) is 14.8. The minimum atomic E-state index is -3.18. The molecule has 0 atom stereocenters. The van der Waals surface area contributed by atoms with Crippen molar-refractivity contribution in [3.63, 3.8) is 0 Å². The Morgan fingerprint density at radius 1 is 1.65 bits per heavy atom. The molecule has 0 amide bonds. The first kappa shape index (κ1) is 13.9. The van der Waals surface area contributed by atoms with Gasteiger partial charge in [-0.05, 0) is 18.4 Å². The lowest BCUT2D eigenvalue weighted by Crippen LogP contribution is -2.39. The fraction of sp³-hybridized carbons (Fsp3) is 0.286. The molecule has 1 aromatic rings. The molecule has 1 aliphatic rings. The van der Waals surface area contributed by atoms with E-state index >= 15 is 0 Å². The summed E-state index contributed by atoms with van der Waals surface area (Å²) in [4.78, 5) is 15.4. The Morgan fingerprint density at radius 3 is 3.05 bits per heavy atom. The van der Waals surface area contributed by atoms with Crippen LogP contribution in [0.25, 0.3) is 6.08 Å². The van der Waals surface area contributed by atoms with Crippen LogP contribution in [0.4, 0.5) is 8.78 Å². The second kappa shape index (κ2) is 5.24. The first-order chi connectivity index (χ1) is 9.49. The van der Waals surface area contributed by atoms with E-state index in [9.17, 15) is 13.6 Å². The average Bonchev–Trinajstić information content (AvgIpc) is 2.80. The minimum Gasteiger partial charge on any atom is -0.277 e. The van der Waals surface area contributed by atoms with Crippen LogP contribution in [0.1, 0.15) is 19.8 Å². The molecule has 1 aliphatic heterocycles. The summed E-state index contributed by atoms with van der Waals surface area (Å²) in [5.41, 5.74) is 2.36. The van der Waals surface area contributed by atoms with E-state index in [4.69, 9.17) is 6.42 Å². The molecule has 0 unspecified atom stereocenters. The Hall–Kier alpha value is -2.51. The maximum atomic E-state index is 13.8. The number of carbonyl (C=O) groups excluding carboxylic acids is 1. The van der Waals surface area contributed by atoms with Crippen LogP contribution >= 0.6 is 0 Å². The fourth-order valence-corrected chi connectivity index (χ4v) is 1.66. The number of ketones is 1. The number of hydrogen-bond acceptors (Lipinski definition) is 3. The molecule has 0 saturated carbocycles. The Bertz CT molecular complexity index is 774. The third-order valence-electron chi connectivity index (χ3n) is 2.76. The van der Waals surface area contributed by atoms with Crippen molar-refractivity contribution in [1.82, 2.24) is 9.78 Å². The normalized spacial score (nSPS) is 15.7. The van der Waals surface area contributed by atoms with Gasteiger partial charge in [0, 0.05) is 11.6 Å². The number of alkyl halides is 2. The number of Topliss-reactive ketones (excluding diaryl/α,β-unsaturated/α-hetero) is 1. The monoisotopic (exact) mass is 275 g/mol. The molecule has 102 valence electrons. The minimum absolute atomic E-state index is 0.0870. The third-order valence-corrected chi connectivity index (χ3v) is 2.76. The topological polar surface area (TPSA) is 47.2 Å². The standard InChI is InChI=1S/C14H11F2N3O/c1-3-12(20)11-8-6-5-7-10-9-17-19(13(10)18-11)14(15,16)4-2/h1,6-7,9H,4-5H2,2H3/b10-7-,18-13?. The van der Waals surface area contributed by atoms with Gasteiger partial charge >= 0.3 is 6.05 Å². The van der Waals surface area contributed by atoms with Gasteiger partial charge in [-0.25, -0.2) is 4.99 Å². The van der Waals surface area contributed by atoms with E-state index in [1.165, 1.54) is 13.1 Å². The van der Waals surface area contributed by atoms with E-state index < -0.39 is 18.3 Å². The molecule has 1 aromatic heterocycles. The molecule has 6 heteroatoms. The first-order valence-corrected chi connectivity index (χ1v) is 5.97. The predicted molar refractivity (Wildman–Crippen MR) is 68.0 cm³/mol. The number of fused-ring (bicyclic) bond motifs is 1. The van der Waals surface area contributed by atoms with Crippen molar-refractivity contribution in [2.75, 3.05) is 0 Å². The number of hydrogen-bond donors (Lipinski definition) is 0. The Labute approximate surface area is 113 Å². The SMILES string of the molecule is C#CC(=O)C1=C=CC/C=c2/cnn(C(F)(F)CC)c2=N1. The van der Waals surface area contributed by atoms with Gasteiger partial charge in [0.05, 0.1) is 6.20 Å². The van der Waals surface area contributed by atoms with Crippen LogP contribution in [0.2, 0.25) is 0 Å². The summed E-state index contributed by atoms with van der Waals surface area (Å²) in [7, 11) is 0. The highest BCUT2D eigenvalue weighted by atomic mass is 19.3. The van der Waals surface area contributed by atoms with Gasteiger partial charge in [-0.15, -0.1) is 6.42 Å². The summed E-state index contributed by atoms with van der Waals surface area (Å²) < 4.78 is 28.1. The van der Waals surface area contributed by atoms with Crippen molar-refractivity contribution >= 4 is 11.9 Å². The van der Waals surface area contributed by atoms with E-state index in [2.05, 4.69) is 15.8 Å². The van der Waals surface area contributed by atoms with Crippen LogP contribution in [0.5, 0.6) is 0 Å². The quantitative estimate of drug-likeness (QED) is 0.467. The van der Waals surface area contributed by atoms with Gasteiger partial charge in [0.2, 0.25) is 0 Å². The first-order valence-electron chi connectivity index (χ1n) is 5.97. The second-order valence-corrected chi connectivity index (χ2v) is 4.08. The lowest BCUT2D eigenvalue weighted by atomic mass is 10.2. The molecular formula is C14H11F2N3O. The van der Waals surface area contributed by atoms with Crippen molar-refractivity contribution in [3.8, 4) is 12.3 Å². The molecule has 0 bridgehead atoms. The second-order valence-electron chi connectivity index (χ2n) is 4.08. The molecule has 0 saturated heterocycles. The molecular weight excluding hydrogens is 264 g/mol. The van der Waals surface area contributed by atoms with Gasteiger partial charge in [-0.3, -0.25) is 4.79 Å². The van der Waals surface area contributed by atoms with Crippen LogP contribution in [0.3, 0.4) is 0 Å². The van der Waals surface area contributed by atoms with Crippen LogP contribution in [0, 0.1) is 12.3 Å². The molecule has 20 heavy (non-hydrogen) atoms. The third kappa shape index (κ3) is 2.44. The van der Waals surface area contributed by atoms with Crippen molar-refractivity contribution in [2.24, 2.45) is 4.99 Å². The number of rotatable bonds is 3. The zero-order valence-electron chi connectivity index (χ0n) is 10.7. The van der Waals surface area contributed by atoms with E-state index in [-0.39, 0.29) is 11.2 Å². The van der Waals surface area contributed by atoms with Gasteiger partial charge in [0.1, 0.15) is 0 Å². The smallest absolute Gasteiger partial charge is 0.277 e. The zero-order valence-corrected chi connectivity index (χ0v) is 10.7. The summed E-state index contributed by atoms with van der Waals surface area (Å²) in [5, 5.41) is 4.10. The van der Waals surface area contributed by atoms with Crippen LogP contribution in [-0.4, -0.2) is 15.6 Å². The summed E-state index contributed by atoms with van der Waals surface area (Å²) in [6.45, 7) is 1.34. The van der Waals surface area contributed by atoms with Crippen LogP contribution < -0.4 is 10.7 Å². The molecule has 2 rings (SSSR count). The van der Waals surface area contributed by atoms with E-state index in [0.29, 0.717) is 16.3 Å². The largest absolute Gasteiger partial charge is 0.345 e. The van der Waals surface area contributed by atoms with Gasteiger partial charge in [-0.2, -0.15) is 18.6 Å². The number of halogens is 2. The Morgan fingerprint density at radius 2 is 2.40 bits per heavy atom. The van der Waals surface area contributed by atoms with E-state index in [1.807, 2.05) is 5.92 Å². The van der Waals surface area contributed by atoms with E-state index in [1.54, 1.807) is 12.2 Å². The summed E-state index contributed by atoms with van der Waals surface area (Å²) in [6.07, 6.45) is 9.55. The molecule has 0 radical (unpaired) electrons. The Balaban J connectivity index is 2.76. The average molecular weight is 275 g/mol. The molecule has 4 nitrogen and oxygen atoms in total. The number of terminal acetylenes is 1. The molecule has 0 aliphatic carbocycles. The van der Waals surface area contributed by atoms with Crippen LogP contribution in [-0.2, 0) is 10.8 Å². The maximum Gasteiger partial charge on any atom is 0.345 e. The van der Waals surface area contributed by atoms with Gasteiger partial charge in [0.15, 0.2) is 11.2 Å². The lowest BCUT2D eigenvalue weighted by Gasteiger charge is -2.13. The van der Waals surface area contributed by atoms with E-state index in [0.717, 1.165) is 0 Å². The highest BCUT2D eigenvalue weighted by Gasteiger charge is 2.31. The number of aromatic nitrogens is 2. The van der Waals surface area contributed by atoms with Crippen molar-refractivity contribution in [3.05, 3.63) is 34.4 Å².